The molecule has 4 heteroatoms. The molecule has 0 aliphatic carbocycles. The Labute approximate surface area is 137 Å². The Bertz CT molecular complexity index is 635. The Kier molecular flexibility index (Phi) is 5.13. The minimum absolute atomic E-state index is 0.0957. The molecule has 3 rings (SSSR count). The summed E-state index contributed by atoms with van der Waals surface area (Å²) in [4.78, 5) is 14.5. The molecule has 122 valence electrons. The van der Waals surface area contributed by atoms with Gasteiger partial charge >= 0.3 is 0 Å². The number of rotatable bonds is 5. The molecule has 2 aromatic rings. The van der Waals surface area contributed by atoms with Crippen molar-refractivity contribution in [1.82, 2.24) is 4.90 Å². The van der Waals surface area contributed by atoms with Crippen molar-refractivity contribution < 1.29 is 13.9 Å². The summed E-state index contributed by atoms with van der Waals surface area (Å²) < 4.78 is 11.2. The molecule has 0 bridgehead atoms. The van der Waals surface area contributed by atoms with Crippen LogP contribution >= 0.6 is 0 Å². The molecule has 1 fully saturated rings. The minimum atomic E-state index is -0.0957. The number of amides is 1. The maximum atomic E-state index is 12.6. The van der Waals surface area contributed by atoms with E-state index in [1.807, 2.05) is 42.2 Å². The number of aryl methyl sites for hydroxylation is 2. The molecular weight excluding hydrogens is 290 g/mol. The molecule has 4 nitrogen and oxygen atoms in total. The Balaban J connectivity index is 1.58. The molecule has 1 saturated heterocycles. The van der Waals surface area contributed by atoms with Crippen molar-refractivity contribution in [2.45, 2.75) is 32.2 Å². The number of hydrogen-bond acceptors (Lipinski definition) is 3. The van der Waals surface area contributed by atoms with E-state index in [1.54, 1.807) is 0 Å². The average Bonchev–Trinajstić information content (AvgIpc) is 3.02. The molecule has 0 unspecified atom stereocenters. The largest absolute Gasteiger partial charge is 0.464 e. The van der Waals surface area contributed by atoms with E-state index < -0.39 is 0 Å². The summed E-state index contributed by atoms with van der Waals surface area (Å²) in [7, 11) is 0. The van der Waals surface area contributed by atoms with Crippen molar-refractivity contribution in [3.05, 3.63) is 59.5 Å². The second-order valence-corrected chi connectivity index (χ2v) is 5.97. The maximum Gasteiger partial charge on any atom is 0.223 e. The monoisotopic (exact) mass is 313 g/mol. The van der Waals surface area contributed by atoms with Crippen LogP contribution in [-0.4, -0.2) is 30.6 Å². The standard InChI is InChI=1S/C19H23NO3/c1-15-10-11-18(23-15)17-14-22-13-12-20(17)19(21)9-5-8-16-6-3-2-4-7-16/h2-4,6-7,10-11,17H,5,8-9,12-14H2,1H3/t17-/m1/s1. The molecule has 23 heavy (non-hydrogen) atoms. The fourth-order valence-electron chi connectivity index (χ4n) is 3.00. The zero-order chi connectivity index (χ0) is 16.1. The fraction of sp³-hybridized carbons (Fsp3) is 0.421. The first kappa shape index (κ1) is 15.8. The zero-order valence-electron chi connectivity index (χ0n) is 13.5. The van der Waals surface area contributed by atoms with Gasteiger partial charge in [0, 0.05) is 13.0 Å². The summed E-state index contributed by atoms with van der Waals surface area (Å²) in [5.41, 5.74) is 1.28. The van der Waals surface area contributed by atoms with E-state index in [0.29, 0.717) is 26.2 Å². The van der Waals surface area contributed by atoms with Crippen LogP contribution in [0.3, 0.4) is 0 Å². The average molecular weight is 313 g/mol. The first-order chi connectivity index (χ1) is 11.2. The fourth-order valence-corrected chi connectivity index (χ4v) is 3.00. The zero-order valence-corrected chi connectivity index (χ0v) is 13.5. The third kappa shape index (κ3) is 4.02. The highest BCUT2D eigenvalue weighted by molar-refractivity contribution is 5.76. The van der Waals surface area contributed by atoms with Crippen LogP contribution in [0.4, 0.5) is 0 Å². The van der Waals surface area contributed by atoms with Crippen LogP contribution in [0.15, 0.2) is 46.9 Å². The number of benzene rings is 1. The van der Waals surface area contributed by atoms with E-state index in [-0.39, 0.29) is 11.9 Å². The van der Waals surface area contributed by atoms with Gasteiger partial charge in [0.25, 0.3) is 0 Å². The van der Waals surface area contributed by atoms with Crippen LogP contribution in [0.1, 0.15) is 36.0 Å². The van der Waals surface area contributed by atoms with E-state index in [2.05, 4.69) is 12.1 Å². The third-order valence-electron chi connectivity index (χ3n) is 4.24. The van der Waals surface area contributed by atoms with Gasteiger partial charge in [0.1, 0.15) is 17.6 Å². The van der Waals surface area contributed by atoms with E-state index in [1.165, 1.54) is 5.56 Å². The second-order valence-electron chi connectivity index (χ2n) is 5.97. The van der Waals surface area contributed by atoms with Crippen molar-refractivity contribution in [1.29, 1.82) is 0 Å². The molecule has 1 amide bonds. The van der Waals surface area contributed by atoms with Gasteiger partial charge in [-0.15, -0.1) is 0 Å². The topological polar surface area (TPSA) is 42.7 Å². The van der Waals surface area contributed by atoms with Gasteiger partial charge in [0.05, 0.1) is 13.2 Å². The van der Waals surface area contributed by atoms with E-state index >= 15 is 0 Å². The summed E-state index contributed by atoms with van der Waals surface area (Å²) >= 11 is 0. The van der Waals surface area contributed by atoms with Crippen molar-refractivity contribution in [2.75, 3.05) is 19.8 Å². The molecule has 1 atom stereocenters. The van der Waals surface area contributed by atoms with Crippen molar-refractivity contribution in [3.63, 3.8) is 0 Å². The number of ether oxygens (including phenoxy) is 1. The number of morpholine rings is 1. The molecule has 1 aliphatic rings. The normalized spacial score (nSPS) is 18.1. The van der Waals surface area contributed by atoms with Crippen LogP contribution in [0, 0.1) is 6.92 Å². The summed E-state index contributed by atoms with van der Waals surface area (Å²) in [6.45, 7) is 3.66. The summed E-state index contributed by atoms with van der Waals surface area (Å²) in [5.74, 6) is 1.86. The molecule has 0 saturated carbocycles. The molecule has 0 N–H and O–H groups in total. The van der Waals surface area contributed by atoms with Gasteiger partial charge in [-0.3, -0.25) is 4.79 Å². The smallest absolute Gasteiger partial charge is 0.223 e. The number of hydrogen-bond donors (Lipinski definition) is 0. The van der Waals surface area contributed by atoms with Crippen LogP contribution in [-0.2, 0) is 16.0 Å². The Morgan fingerprint density at radius 2 is 2.04 bits per heavy atom. The number of nitrogens with zero attached hydrogens (tertiary/aromatic N) is 1. The number of carbonyl (C=O) groups excluding carboxylic acids is 1. The Morgan fingerprint density at radius 1 is 1.22 bits per heavy atom. The highest BCUT2D eigenvalue weighted by Crippen LogP contribution is 2.26. The van der Waals surface area contributed by atoms with Crippen LogP contribution < -0.4 is 0 Å². The molecule has 2 heterocycles. The lowest BCUT2D eigenvalue weighted by Gasteiger charge is -2.34. The Hall–Kier alpha value is -2.07. The van der Waals surface area contributed by atoms with Crippen LogP contribution in [0.25, 0.3) is 0 Å². The van der Waals surface area contributed by atoms with Crippen molar-refractivity contribution >= 4 is 5.91 Å². The summed E-state index contributed by atoms with van der Waals surface area (Å²) in [5, 5.41) is 0. The Morgan fingerprint density at radius 3 is 2.78 bits per heavy atom. The van der Waals surface area contributed by atoms with E-state index in [9.17, 15) is 4.79 Å². The highest BCUT2D eigenvalue weighted by Gasteiger charge is 2.30. The third-order valence-corrected chi connectivity index (χ3v) is 4.24. The van der Waals surface area contributed by atoms with Gasteiger partial charge in [-0.05, 0) is 37.5 Å². The summed E-state index contributed by atoms with van der Waals surface area (Å²) in [6.07, 6.45) is 2.36. The molecule has 1 aromatic heterocycles. The molecular formula is C19H23NO3. The quantitative estimate of drug-likeness (QED) is 0.848. The van der Waals surface area contributed by atoms with Crippen molar-refractivity contribution in [2.24, 2.45) is 0 Å². The van der Waals surface area contributed by atoms with Crippen LogP contribution in [0.5, 0.6) is 0 Å². The highest BCUT2D eigenvalue weighted by atomic mass is 16.5. The first-order valence-corrected chi connectivity index (χ1v) is 8.21. The first-order valence-electron chi connectivity index (χ1n) is 8.21. The van der Waals surface area contributed by atoms with Crippen LogP contribution in [0.2, 0.25) is 0 Å². The lowest BCUT2D eigenvalue weighted by atomic mass is 10.1. The number of furan rings is 1. The molecule has 1 aromatic carbocycles. The van der Waals surface area contributed by atoms with Gasteiger partial charge in [-0.1, -0.05) is 30.3 Å². The SMILES string of the molecule is Cc1ccc([C@H]2COCCN2C(=O)CCCc2ccccc2)o1. The van der Waals surface area contributed by atoms with E-state index in [0.717, 1.165) is 24.4 Å². The van der Waals surface area contributed by atoms with Gasteiger partial charge in [0.2, 0.25) is 5.91 Å². The van der Waals surface area contributed by atoms with Crippen molar-refractivity contribution in [3.8, 4) is 0 Å². The lowest BCUT2D eigenvalue weighted by Crippen LogP contribution is -2.43. The predicted molar refractivity (Wildman–Crippen MR) is 88.1 cm³/mol. The number of carbonyl (C=O) groups is 1. The van der Waals surface area contributed by atoms with Gasteiger partial charge < -0.3 is 14.1 Å². The second kappa shape index (κ2) is 7.47. The van der Waals surface area contributed by atoms with Gasteiger partial charge in [-0.25, -0.2) is 0 Å². The maximum absolute atomic E-state index is 12.6. The molecule has 1 aliphatic heterocycles. The van der Waals surface area contributed by atoms with Gasteiger partial charge in [-0.2, -0.15) is 0 Å². The minimum Gasteiger partial charge on any atom is -0.464 e. The lowest BCUT2D eigenvalue weighted by molar-refractivity contribution is -0.141. The molecule has 0 radical (unpaired) electrons. The van der Waals surface area contributed by atoms with E-state index in [4.69, 9.17) is 9.15 Å². The molecule has 0 spiro atoms. The summed E-state index contributed by atoms with van der Waals surface area (Å²) in [6, 6.07) is 14.1. The van der Waals surface area contributed by atoms with Gasteiger partial charge in [0.15, 0.2) is 0 Å². The predicted octanol–water partition coefficient (Wildman–Crippen LogP) is 3.51.